The molecule has 1 amide bonds. The van der Waals surface area contributed by atoms with E-state index in [1.165, 1.54) is 0 Å². The number of carbonyl (C=O) groups is 1. The van der Waals surface area contributed by atoms with Crippen LogP contribution in [0.3, 0.4) is 0 Å². The molecule has 0 bridgehead atoms. The van der Waals surface area contributed by atoms with Gasteiger partial charge in [-0.1, -0.05) is 30.3 Å². The lowest BCUT2D eigenvalue weighted by molar-refractivity contribution is -0.117. The summed E-state index contributed by atoms with van der Waals surface area (Å²) < 4.78 is 29.1. The van der Waals surface area contributed by atoms with Gasteiger partial charge in [-0.15, -0.1) is 0 Å². The fourth-order valence-corrected chi connectivity index (χ4v) is 3.36. The van der Waals surface area contributed by atoms with Gasteiger partial charge < -0.3 is 9.50 Å². The quantitative estimate of drug-likeness (QED) is 0.717. The lowest BCUT2D eigenvalue weighted by Gasteiger charge is -2.17. The highest BCUT2D eigenvalue weighted by molar-refractivity contribution is 7.87. The van der Waals surface area contributed by atoms with Crippen molar-refractivity contribution in [2.45, 2.75) is 13.8 Å². The second-order valence-electron chi connectivity index (χ2n) is 6.19. The molecule has 26 heavy (non-hydrogen) atoms. The molecule has 0 saturated heterocycles. The van der Waals surface area contributed by atoms with E-state index in [1.54, 1.807) is 42.3 Å². The van der Waals surface area contributed by atoms with Crippen molar-refractivity contribution in [1.82, 2.24) is 4.90 Å². The number of carbonyl (C=O) groups excluding carboxylic acids is 1. The van der Waals surface area contributed by atoms with Crippen molar-refractivity contribution in [3.8, 4) is 5.75 Å². The maximum Gasteiger partial charge on any atom is 0.310 e. The van der Waals surface area contributed by atoms with Crippen molar-refractivity contribution < 1.29 is 17.4 Å². The summed E-state index contributed by atoms with van der Waals surface area (Å²) in [5, 5.41) is 2.86. The van der Waals surface area contributed by atoms with Crippen LogP contribution in [0.5, 0.6) is 5.75 Å². The van der Waals surface area contributed by atoms with Gasteiger partial charge >= 0.3 is 10.1 Å². The Labute approximate surface area is 154 Å². The zero-order valence-corrected chi connectivity index (χ0v) is 16.0. The lowest BCUT2D eigenvalue weighted by Crippen LogP contribution is -2.34. The Balaban J connectivity index is 1.83. The second-order valence-corrected chi connectivity index (χ2v) is 7.88. The molecular weight excluding hydrogens is 352 g/mol. The number of hydrogen-bond donors (Lipinski definition) is 1. The molecule has 0 saturated carbocycles. The van der Waals surface area contributed by atoms with Crippen LogP contribution in [0.4, 0.5) is 5.69 Å². The Morgan fingerprint density at radius 3 is 2.46 bits per heavy atom. The molecule has 0 fully saturated rings. The summed E-state index contributed by atoms with van der Waals surface area (Å²) in [7, 11) is -2.01. The maximum atomic E-state index is 12.2. The van der Waals surface area contributed by atoms with Gasteiger partial charge in [0.1, 0.15) is 5.75 Å². The standard InChI is InChI=1S/C19H24N2O4S/c1-15-8-7-11-18(16(15)2)20-19(22)14-21(3)12-13-26(23,24)25-17-9-5-4-6-10-17/h4-11H,12-14H2,1-3H3,(H,20,22). The first-order valence-corrected chi connectivity index (χ1v) is 9.86. The zero-order chi connectivity index (χ0) is 19.2. The van der Waals surface area contributed by atoms with E-state index >= 15 is 0 Å². The molecular formula is C19H24N2O4S. The number of likely N-dealkylation sites (N-methyl/N-ethyl adjacent to an activating group) is 1. The molecule has 0 radical (unpaired) electrons. The van der Waals surface area contributed by atoms with E-state index in [9.17, 15) is 13.2 Å². The van der Waals surface area contributed by atoms with Crippen molar-refractivity contribution in [2.24, 2.45) is 0 Å². The topological polar surface area (TPSA) is 75.7 Å². The molecule has 0 aliphatic heterocycles. The van der Waals surface area contributed by atoms with Gasteiger partial charge in [-0.25, -0.2) is 0 Å². The van der Waals surface area contributed by atoms with Crippen molar-refractivity contribution in [1.29, 1.82) is 0 Å². The van der Waals surface area contributed by atoms with E-state index in [1.807, 2.05) is 32.0 Å². The number of aryl methyl sites for hydroxylation is 1. The van der Waals surface area contributed by atoms with E-state index in [-0.39, 0.29) is 30.5 Å². The van der Waals surface area contributed by atoms with Gasteiger partial charge in [-0.3, -0.25) is 9.69 Å². The van der Waals surface area contributed by atoms with Crippen molar-refractivity contribution >= 4 is 21.7 Å². The van der Waals surface area contributed by atoms with Crippen LogP contribution in [0.1, 0.15) is 11.1 Å². The van der Waals surface area contributed by atoms with Crippen LogP contribution >= 0.6 is 0 Å². The van der Waals surface area contributed by atoms with Gasteiger partial charge in [0.05, 0.1) is 12.3 Å². The SMILES string of the molecule is Cc1cccc(NC(=O)CN(C)CCS(=O)(=O)Oc2ccccc2)c1C. The summed E-state index contributed by atoms with van der Waals surface area (Å²) in [4.78, 5) is 13.8. The fourth-order valence-electron chi connectivity index (χ4n) is 2.33. The largest absolute Gasteiger partial charge is 0.382 e. The molecule has 7 heteroatoms. The first-order chi connectivity index (χ1) is 12.3. The minimum absolute atomic E-state index is 0.0915. The first-order valence-electron chi connectivity index (χ1n) is 8.28. The minimum Gasteiger partial charge on any atom is -0.382 e. The lowest BCUT2D eigenvalue weighted by atomic mass is 10.1. The predicted molar refractivity (Wildman–Crippen MR) is 103 cm³/mol. The third-order valence-electron chi connectivity index (χ3n) is 3.98. The van der Waals surface area contributed by atoms with Crippen LogP contribution in [0.25, 0.3) is 0 Å². The summed E-state index contributed by atoms with van der Waals surface area (Å²) >= 11 is 0. The molecule has 1 N–H and O–H groups in total. The third-order valence-corrected chi connectivity index (χ3v) is 5.11. The molecule has 0 aliphatic carbocycles. The van der Waals surface area contributed by atoms with Gasteiger partial charge in [-0.05, 0) is 50.2 Å². The maximum absolute atomic E-state index is 12.2. The molecule has 2 aromatic carbocycles. The van der Waals surface area contributed by atoms with Crippen molar-refractivity contribution in [3.05, 3.63) is 59.7 Å². The Morgan fingerprint density at radius 2 is 1.77 bits per heavy atom. The number of nitrogens with zero attached hydrogens (tertiary/aromatic N) is 1. The van der Waals surface area contributed by atoms with Gasteiger partial charge in [0.25, 0.3) is 0 Å². The van der Waals surface area contributed by atoms with Crippen LogP contribution in [-0.2, 0) is 14.9 Å². The number of anilines is 1. The monoisotopic (exact) mass is 376 g/mol. The first kappa shape index (κ1) is 19.9. The summed E-state index contributed by atoms with van der Waals surface area (Å²) in [5.74, 6) is -0.111. The van der Waals surface area contributed by atoms with E-state index in [0.717, 1.165) is 16.8 Å². The Hall–Kier alpha value is -2.38. The zero-order valence-electron chi connectivity index (χ0n) is 15.2. The molecule has 0 aromatic heterocycles. The molecule has 140 valence electrons. The van der Waals surface area contributed by atoms with E-state index < -0.39 is 10.1 Å². The summed E-state index contributed by atoms with van der Waals surface area (Å²) in [6, 6.07) is 14.1. The van der Waals surface area contributed by atoms with Crippen molar-refractivity contribution in [2.75, 3.05) is 31.2 Å². The average Bonchev–Trinajstić information content (AvgIpc) is 2.58. The number of nitrogens with one attached hydrogen (secondary N) is 1. The molecule has 2 aromatic rings. The molecule has 2 rings (SSSR count). The average molecular weight is 376 g/mol. The normalized spacial score (nSPS) is 11.4. The minimum atomic E-state index is -3.71. The number of hydrogen-bond acceptors (Lipinski definition) is 5. The highest BCUT2D eigenvalue weighted by Crippen LogP contribution is 2.17. The summed E-state index contributed by atoms with van der Waals surface area (Å²) in [6.45, 7) is 4.21. The van der Waals surface area contributed by atoms with Crippen LogP contribution in [0, 0.1) is 13.8 Å². The summed E-state index contributed by atoms with van der Waals surface area (Å²) in [6.07, 6.45) is 0. The molecule has 0 heterocycles. The third kappa shape index (κ3) is 6.16. The van der Waals surface area contributed by atoms with Crippen LogP contribution < -0.4 is 9.50 Å². The van der Waals surface area contributed by atoms with E-state index in [4.69, 9.17) is 4.18 Å². The fraction of sp³-hybridized carbons (Fsp3) is 0.316. The Kier molecular flexibility index (Phi) is 6.76. The number of para-hydroxylation sites is 1. The summed E-state index contributed by atoms with van der Waals surface area (Å²) in [5.41, 5.74) is 2.88. The van der Waals surface area contributed by atoms with Gasteiger partial charge in [0, 0.05) is 12.2 Å². The highest BCUT2D eigenvalue weighted by Gasteiger charge is 2.16. The van der Waals surface area contributed by atoms with Crippen molar-refractivity contribution in [3.63, 3.8) is 0 Å². The van der Waals surface area contributed by atoms with E-state index in [0.29, 0.717) is 0 Å². The van der Waals surface area contributed by atoms with Crippen LogP contribution in [0.2, 0.25) is 0 Å². The van der Waals surface area contributed by atoms with Gasteiger partial charge in [0.2, 0.25) is 5.91 Å². The predicted octanol–water partition coefficient (Wildman–Crippen LogP) is 2.58. The molecule has 0 atom stereocenters. The highest BCUT2D eigenvalue weighted by atomic mass is 32.2. The van der Waals surface area contributed by atoms with E-state index in [2.05, 4.69) is 5.32 Å². The van der Waals surface area contributed by atoms with Crippen LogP contribution in [0.15, 0.2) is 48.5 Å². The van der Waals surface area contributed by atoms with Gasteiger partial charge in [-0.2, -0.15) is 8.42 Å². The smallest absolute Gasteiger partial charge is 0.310 e. The van der Waals surface area contributed by atoms with Gasteiger partial charge in [0.15, 0.2) is 0 Å². The van der Waals surface area contributed by atoms with Crippen LogP contribution in [-0.4, -0.2) is 45.1 Å². The second kappa shape index (κ2) is 8.82. The molecule has 0 aliphatic rings. The number of rotatable bonds is 8. The number of benzene rings is 2. The Bertz CT molecular complexity index is 851. The number of amides is 1. The molecule has 0 spiro atoms. The molecule has 0 unspecified atom stereocenters. The molecule has 6 nitrogen and oxygen atoms in total. The Morgan fingerprint density at radius 1 is 1.08 bits per heavy atom.